The first-order valence-electron chi connectivity index (χ1n) is 11.9. The predicted molar refractivity (Wildman–Crippen MR) is 142 cm³/mol. The quantitative estimate of drug-likeness (QED) is 0.305. The summed E-state index contributed by atoms with van der Waals surface area (Å²) in [6.45, 7) is 5.34. The molecule has 0 unspecified atom stereocenters. The second-order valence-electron chi connectivity index (χ2n) is 8.89. The van der Waals surface area contributed by atoms with E-state index >= 15 is 0 Å². The van der Waals surface area contributed by atoms with Gasteiger partial charge < -0.3 is 9.47 Å². The highest BCUT2D eigenvalue weighted by molar-refractivity contribution is 7.09. The Morgan fingerprint density at radius 2 is 1.47 bits per heavy atom. The lowest BCUT2D eigenvalue weighted by atomic mass is 9.98. The topological polar surface area (TPSA) is 24.3 Å². The lowest BCUT2D eigenvalue weighted by molar-refractivity contribution is 0.252. The van der Waals surface area contributed by atoms with E-state index in [1.165, 1.54) is 27.2 Å². The molecule has 5 aromatic rings. The minimum atomic E-state index is 0.0882. The van der Waals surface area contributed by atoms with Gasteiger partial charge in [0, 0.05) is 43.3 Å². The van der Waals surface area contributed by atoms with Crippen LogP contribution in [0.5, 0.6) is 0 Å². The van der Waals surface area contributed by atoms with Gasteiger partial charge in [0.1, 0.15) is 0 Å². The van der Waals surface area contributed by atoms with Gasteiger partial charge in [0.2, 0.25) is 0 Å². The molecule has 0 bridgehead atoms. The number of imidazole rings is 1. The molecule has 3 heterocycles. The fourth-order valence-electron chi connectivity index (χ4n) is 4.99. The Labute approximate surface area is 204 Å². The molecule has 5 heteroatoms. The molecule has 3 aromatic carbocycles. The van der Waals surface area contributed by atoms with E-state index in [0.29, 0.717) is 0 Å². The number of fused-ring (bicyclic) bond motifs is 1. The molecule has 0 aliphatic carbocycles. The van der Waals surface area contributed by atoms with E-state index < -0.39 is 0 Å². The van der Waals surface area contributed by atoms with Crippen LogP contribution < -0.4 is 4.90 Å². The number of hydrogen-bond acceptors (Lipinski definition) is 4. The van der Waals surface area contributed by atoms with E-state index in [9.17, 15) is 0 Å². The zero-order valence-electron chi connectivity index (χ0n) is 19.1. The molecule has 2 aromatic heterocycles. The highest BCUT2D eigenvalue weighted by Gasteiger charge is 2.21. The van der Waals surface area contributed by atoms with Gasteiger partial charge in [-0.2, -0.15) is 0 Å². The van der Waals surface area contributed by atoms with E-state index in [4.69, 9.17) is 4.98 Å². The van der Waals surface area contributed by atoms with Gasteiger partial charge in [-0.15, -0.1) is 11.3 Å². The van der Waals surface area contributed by atoms with Crippen molar-refractivity contribution in [3.8, 4) is 0 Å². The maximum absolute atomic E-state index is 4.77. The summed E-state index contributed by atoms with van der Waals surface area (Å²) in [6.07, 6.45) is 2.00. The third-order valence-electron chi connectivity index (χ3n) is 6.76. The van der Waals surface area contributed by atoms with E-state index in [-0.39, 0.29) is 6.04 Å². The Hall–Kier alpha value is -3.41. The van der Waals surface area contributed by atoms with Crippen LogP contribution in [0.4, 0.5) is 5.69 Å². The molecule has 1 aliphatic rings. The summed E-state index contributed by atoms with van der Waals surface area (Å²) in [5, 5.41) is 2.17. The molecule has 6 rings (SSSR count). The number of nitrogens with zero attached hydrogens (tertiary/aromatic N) is 4. The lowest BCUT2D eigenvalue weighted by Gasteiger charge is -2.36. The van der Waals surface area contributed by atoms with Crippen molar-refractivity contribution in [1.29, 1.82) is 0 Å². The average Bonchev–Trinajstić information content (AvgIpc) is 3.56. The van der Waals surface area contributed by atoms with Crippen molar-refractivity contribution < 1.29 is 0 Å². The van der Waals surface area contributed by atoms with Crippen LogP contribution in [-0.2, 0) is 6.54 Å². The van der Waals surface area contributed by atoms with Crippen molar-refractivity contribution in [2.45, 2.75) is 12.6 Å². The van der Waals surface area contributed by atoms with Crippen molar-refractivity contribution in [2.75, 3.05) is 31.1 Å². The van der Waals surface area contributed by atoms with Gasteiger partial charge in [-0.1, -0.05) is 66.7 Å². The number of thiophene rings is 1. The second-order valence-corrected chi connectivity index (χ2v) is 9.92. The number of piperazine rings is 1. The Morgan fingerprint density at radius 1 is 0.765 bits per heavy atom. The minimum Gasteiger partial charge on any atom is -0.369 e. The molecule has 1 saturated heterocycles. The second kappa shape index (κ2) is 9.45. The lowest BCUT2D eigenvalue weighted by Crippen LogP contribution is -2.45. The van der Waals surface area contributed by atoms with Crippen LogP contribution in [-0.4, -0.2) is 40.6 Å². The number of hydrogen-bond donors (Lipinski definition) is 0. The molecular formula is C29H28N4S. The molecular weight excluding hydrogens is 436 g/mol. The van der Waals surface area contributed by atoms with E-state index in [0.717, 1.165) is 38.2 Å². The highest BCUT2D eigenvalue weighted by Crippen LogP contribution is 2.32. The summed E-state index contributed by atoms with van der Waals surface area (Å²) >= 11 is 1.85. The van der Waals surface area contributed by atoms with Crippen LogP contribution in [0, 0.1) is 0 Å². The Bertz CT molecular complexity index is 1300. The summed E-state index contributed by atoms with van der Waals surface area (Å²) in [7, 11) is 0. The van der Waals surface area contributed by atoms with Crippen LogP contribution in [0.3, 0.4) is 0 Å². The van der Waals surface area contributed by atoms with E-state index in [1.54, 1.807) is 0 Å². The summed E-state index contributed by atoms with van der Waals surface area (Å²) < 4.78 is 2.33. The average molecular weight is 465 g/mol. The molecule has 0 spiro atoms. The fraction of sp³-hybridized carbons (Fsp3) is 0.207. The third-order valence-corrected chi connectivity index (χ3v) is 7.63. The van der Waals surface area contributed by atoms with Crippen LogP contribution in [0.2, 0.25) is 0 Å². The van der Waals surface area contributed by atoms with Gasteiger partial charge >= 0.3 is 0 Å². The molecule has 4 nitrogen and oxygen atoms in total. The smallest absolute Gasteiger partial charge is 0.0966 e. The van der Waals surface area contributed by atoms with Crippen LogP contribution in [0.1, 0.15) is 22.0 Å². The van der Waals surface area contributed by atoms with Crippen molar-refractivity contribution in [3.63, 3.8) is 0 Å². The van der Waals surface area contributed by atoms with E-state index in [2.05, 4.69) is 111 Å². The fourth-order valence-corrected chi connectivity index (χ4v) is 5.73. The number of anilines is 1. The van der Waals surface area contributed by atoms with Crippen LogP contribution >= 0.6 is 11.3 Å². The zero-order chi connectivity index (χ0) is 22.7. The SMILES string of the molecule is c1ccc(C(c2ccccc2)n2cnc3ccc(N4CCN(Cc5cccs5)CC4)cc32)cc1. The first kappa shape index (κ1) is 21.1. The molecule has 34 heavy (non-hydrogen) atoms. The monoisotopic (exact) mass is 464 g/mol. The third kappa shape index (κ3) is 4.25. The maximum atomic E-state index is 4.77. The maximum Gasteiger partial charge on any atom is 0.0966 e. The Balaban J connectivity index is 1.30. The summed E-state index contributed by atoms with van der Waals surface area (Å²) in [4.78, 5) is 11.3. The van der Waals surface area contributed by atoms with Gasteiger partial charge in [-0.3, -0.25) is 4.90 Å². The Morgan fingerprint density at radius 3 is 2.12 bits per heavy atom. The largest absolute Gasteiger partial charge is 0.369 e. The molecule has 0 amide bonds. The summed E-state index contributed by atoms with van der Waals surface area (Å²) in [6, 6.07) is 32.7. The molecule has 170 valence electrons. The normalized spacial score (nSPS) is 14.8. The summed E-state index contributed by atoms with van der Waals surface area (Å²) in [5.74, 6) is 0. The van der Waals surface area contributed by atoms with Crippen LogP contribution in [0.25, 0.3) is 11.0 Å². The van der Waals surface area contributed by atoms with Gasteiger partial charge in [0.05, 0.1) is 23.4 Å². The van der Waals surface area contributed by atoms with Crippen molar-refractivity contribution in [2.24, 2.45) is 0 Å². The van der Waals surface area contributed by atoms with E-state index in [1.807, 2.05) is 17.7 Å². The molecule has 0 atom stereocenters. The zero-order valence-corrected chi connectivity index (χ0v) is 19.9. The highest BCUT2D eigenvalue weighted by atomic mass is 32.1. The number of aromatic nitrogens is 2. The van der Waals surface area contributed by atoms with Gasteiger partial charge in [-0.25, -0.2) is 4.98 Å². The number of rotatable bonds is 6. The van der Waals surface area contributed by atoms with Gasteiger partial charge in [0.25, 0.3) is 0 Å². The molecule has 1 aliphatic heterocycles. The summed E-state index contributed by atoms with van der Waals surface area (Å²) in [5.41, 5.74) is 6.03. The minimum absolute atomic E-state index is 0.0882. The van der Waals surface area contributed by atoms with Crippen LogP contribution in [0.15, 0.2) is 103 Å². The first-order chi connectivity index (χ1) is 16.8. The van der Waals surface area contributed by atoms with Crippen molar-refractivity contribution >= 4 is 28.1 Å². The standard InChI is InChI=1S/C29H28N4S/c1-3-8-23(9-4-1)29(24-10-5-2-6-11-24)33-22-30-27-14-13-25(20-28(27)33)32-17-15-31(16-18-32)21-26-12-7-19-34-26/h1-14,19-20,22,29H,15-18,21H2. The predicted octanol–water partition coefficient (Wildman–Crippen LogP) is 6.06. The molecule has 0 radical (unpaired) electrons. The first-order valence-corrected chi connectivity index (χ1v) is 12.8. The number of benzene rings is 3. The molecule has 0 saturated carbocycles. The molecule has 0 N–H and O–H groups in total. The van der Waals surface area contributed by atoms with Gasteiger partial charge in [-0.05, 0) is 40.8 Å². The molecule has 1 fully saturated rings. The van der Waals surface area contributed by atoms with Crippen molar-refractivity contribution in [3.05, 3.63) is 119 Å². The van der Waals surface area contributed by atoms with Crippen molar-refractivity contribution in [1.82, 2.24) is 14.5 Å². The van der Waals surface area contributed by atoms with Gasteiger partial charge in [0.15, 0.2) is 0 Å². The Kier molecular flexibility index (Phi) is 5.88.